The maximum absolute atomic E-state index is 6.20. The van der Waals surface area contributed by atoms with E-state index in [-0.39, 0.29) is 6.29 Å². The van der Waals surface area contributed by atoms with Gasteiger partial charge in [-0.15, -0.1) is 11.6 Å². The molecule has 0 saturated carbocycles. The van der Waals surface area contributed by atoms with Crippen LogP contribution < -0.4 is 0 Å². The van der Waals surface area contributed by atoms with E-state index in [0.717, 1.165) is 31.9 Å². The molecule has 2 nitrogen and oxygen atoms in total. The average molecular weight is 515 g/mol. The van der Waals surface area contributed by atoms with E-state index in [0.29, 0.717) is 0 Å². The molecule has 3 heteroatoms. The van der Waals surface area contributed by atoms with Crippen molar-refractivity contribution in [2.24, 2.45) is 0 Å². The fourth-order valence-electron chi connectivity index (χ4n) is 4.52. The first-order chi connectivity index (χ1) is 17.3. The van der Waals surface area contributed by atoms with Crippen molar-refractivity contribution in [2.75, 3.05) is 19.1 Å². The molecule has 35 heavy (non-hydrogen) atoms. The van der Waals surface area contributed by atoms with E-state index >= 15 is 0 Å². The highest BCUT2D eigenvalue weighted by Gasteiger charge is 2.09. The van der Waals surface area contributed by atoms with Gasteiger partial charge in [-0.05, 0) is 44.9 Å². The summed E-state index contributed by atoms with van der Waals surface area (Å²) in [5.74, 6) is 0.736. The van der Waals surface area contributed by atoms with Gasteiger partial charge in [0.15, 0.2) is 6.29 Å². The van der Waals surface area contributed by atoms with Gasteiger partial charge in [0.05, 0.1) is 0 Å². The van der Waals surface area contributed by atoms with Crippen LogP contribution in [0.4, 0.5) is 0 Å². The Morgan fingerprint density at radius 3 is 1.37 bits per heavy atom. The Kier molecular flexibility index (Phi) is 31.9. The monoisotopic (exact) mass is 514 g/mol. The number of halogens is 1. The Morgan fingerprint density at radius 1 is 0.486 bits per heavy atom. The van der Waals surface area contributed by atoms with Gasteiger partial charge >= 0.3 is 0 Å². The van der Waals surface area contributed by atoms with Crippen LogP contribution in [-0.2, 0) is 9.47 Å². The lowest BCUT2D eigenvalue weighted by Gasteiger charge is -2.19. The lowest BCUT2D eigenvalue weighted by atomic mass is 10.1. The van der Waals surface area contributed by atoms with E-state index < -0.39 is 0 Å². The summed E-state index contributed by atoms with van der Waals surface area (Å²) in [6.45, 7) is 6.30. The molecular formula is C32H63ClO2. The molecule has 0 aliphatic heterocycles. The van der Waals surface area contributed by atoms with Gasteiger partial charge in [-0.1, -0.05) is 135 Å². The Bertz CT molecular complexity index is 377. The van der Waals surface area contributed by atoms with Crippen molar-refractivity contribution >= 4 is 11.6 Å². The molecular weight excluding hydrogens is 452 g/mol. The van der Waals surface area contributed by atoms with Crippen molar-refractivity contribution < 1.29 is 9.47 Å². The minimum absolute atomic E-state index is 0.0163. The van der Waals surface area contributed by atoms with Crippen LogP contribution in [-0.4, -0.2) is 25.4 Å². The summed E-state index contributed by atoms with van der Waals surface area (Å²) in [5, 5.41) is 0. The van der Waals surface area contributed by atoms with Crippen molar-refractivity contribution in [1.82, 2.24) is 0 Å². The Hall–Kier alpha value is -0.0500. The molecule has 0 fully saturated rings. The van der Waals surface area contributed by atoms with Crippen molar-refractivity contribution in [3.8, 4) is 0 Å². The van der Waals surface area contributed by atoms with E-state index in [2.05, 4.69) is 26.0 Å². The van der Waals surface area contributed by atoms with Crippen LogP contribution in [0.15, 0.2) is 12.2 Å². The highest BCUT2D eigenvalue weighted by molar-refractivity contribution is 6.17. The number of rotatable bonds is 30. The smallest absolute Gasteiger partial charge is 0.157 e. The second-order valence-corrected chi connectivity index (χ2v) is 10.8. The fourth-order valence-corrected chi connectivity index (χ4v) is 4.64. The first-order valence-electron chi connectivity index (χ1n) is 15.8. The zero-order valence-corrected chi connectivity index (χ0v) is 24.8. The standard InChI is InChI=1S/C32H63ClO2/c1-3-5-7-9-11-18-22-26-30-34-32(35-31-27-23-19-12-10-8-6-4-2)28-24-20-16-14-13-15-17-21-25-29-33/h17,21,32H,3-16,18-20,22-31H2,1-2H3/b21-17+. The summed E-state index contributed by atoms with van der Waals surface area (Å²) in [5.41, 5.74) is 0. The normalized spacial score (nSPS) is 11.9. The van der Waals surface area contributed by atoms with E-state index in [1.54, 1.807) is 0 Å². The summed E-state index contributed by atoms with van der Waals surface area (Å²) < 4.78 is 12.4. The van der Waals surface area contributed by atoms with Gasteiger partial charge in [0, 0.05) is 19.1 Å². The fraction of sp³-hybridized carbons (Fsp3) is 0.938. The number of unbranched alkanes of at least 4 members (excludes halogenated alkanes) is 19. The molecule has 0 aliphatic carbocycles. The van der Waals surface area contributed by atoms with Crippen molar-refractivity contribution in [2.45, 2.75) is 174 Å². The predicted octanol–water partition coefficient (Wildman–Crippen LogP) is 11.5. The van der Waals surface area contributed by atoms with Gasteiger partial charge in [0.1, 0.15) is 0 Å². The van der Waals surface area contributed by atoms with Gasteiger partial charge in [0.25, 0.3) is 0 Å². The zero-order valence-electron chi connectivity index (χ0n) is 24.0. The average Bonchev–Trinajstić information content (AvgIpc) is 2.87. The molecule has 0 bridgehead atoms. The molecule has 0 saturated heterocycles. The number of alkyl halides is 1. The molecule has 0 radical (unpaired) electrons. The first kappa shape index (κ1) is 35.0. The van der Waals surface area contributed by atoms with Crippen LogP contribution in [0, 0.1) is 0 Å². The van der Waals surface area contributed by atoms with Crippen molar-refractivity contribution in [3.63, 3.8) is 0 Å². The van der Waals surface area contributed by atoms with Crippen molar-refractivity contribution in [3.05, 3.63) is 12.2 Å². The third kappa shape index (κ3) is 30.1. The molecule has 210 valence electrons. The third-order valence-corrected chi connectivity index (χ3v) is 7.07. The quantitative estimate of drug-likeness (QED) is 0.0410. The molecule has 0 atom stereocenters. The second kappa shape index (κ2) is 32.0. The van der Waals surface area contributed by atoms with Crippen LogP contribution >= 0.6 is 11.6 Å². The number of hydrogen-bond acceptors (Lipinski definition) is 2. The van der Waals surface area contributed by atoms with Crippen LogP contribution in [0.5, 0.6) is 0 Å². The second-order valence-electron chi connectivity index (χ2n) is 10.4. The van der Waals surface area contributed by atoms with Gasteiger partial charge < -0.3 is 9.47 Å². The SMILES string of the molecule is CCCCCCCCCCOC(CCCCCCC/C=C/CCCl)OCCCCCCCCCC. The zero-order chi connectivity index (χ0) is 25.5. The van der Waals surface area contributed by atoms with Crippen LogP contribution in [0.1, 0.15) is 168 Å². The summed E-state index contributed by atoms with van der Waals surface area (Å²) >= 11 is 5.70. The molecule has 0 amide bonds. The molecule has 0 aliphatic rings. The summed E-state index contributed by atoms with van der Waals surface area (Å²) in [4.78, 5) is 0. The lowest BCUT2D eigenvalue weighted by Crippen LogP contribution is -2.19. The van der Waals surface area contributed by atoms with Gasteiger partial charge in [-0.2, -0.15) is 0 Å². The van der Waals surface area contributed by atoms with Gasteiger partial charge in [-0.3, -0.25) is 0 Å². The topological polar surface area (TPSA) is 18.5 Å². The Morgan fingerprint density at radius 2 is 0.886 bits per heavy atom. The van der Waals surface area contributed by atoms with Gasteiger partial charge in [0.2, 0.25) is 0 Å². The maximum atomic E-state index is 6.20. The summed E-state index contributed by atoms with van der Waals surface area (Å²) in [6, 6.07) is 0. The summed E-state index contributed by atoms with van der Waals surface area (Å²) in [7, 11) is 0. The molecule has 0 spiro atoms. The minimum Gasteiger partial charge on any atom is -0.353 e. The first-order valence-corrected chi connectivity index (χ1v) is 16.3. The number of ether oxygens (including phenoxy) is 2. The lowest BCUT2D eigenvalue weighted by molar-refractivity contribution is -0.148. The van der Waals surface area contributed by atoms with Crippen LogP contribution in [0.25, 0.3) is 0 Å². The minimum atomic E-state index is 0.0163. The Labute approximate surface area is 226 Å². The van der Waals surface area contributed by atoms with E-state index in [4.69, 9.17) is 21.1 Å². The largest absolute Gasteiger partial charge is 0.353 e. The highest BCUT2D eigenvalue weighted by Crippen LogP contribution is 2.15. The number of hydrogen-bond donors (Lipinski definition) is 0. The molecule has 0 aromatic carbocycles. The molecule has 0 N–H and O–H groups in total. The summed E-state index contributed by atoms with van der Waals surface area (Å²) in [6.07, 6.45) is 35.8. The predicted molar refractivity (Wildman–Crippen MR) is 158 cm³/mol. The van der Waals surface area contributed by atoms with Crippen LogP contribution in [0.3, 0.4) is 0 Å². The van der Waals surface area contributed by atoms with Crippen molar-refractivity contribution in [1.29, 1.82) is 0 Å². The number of allylic oxidation sites excluding steroid dienone is 2. The molecule has 0 aromatic rings. The van der Waals surface area contributed by atoms with E-state index in [1.807, 2.05) is 0 Å². The molecule has 0 aromatic heterocycles. The maximum Gasteiger partial charge on any atom is 0.157 e. The van der Waals surface area contributed by atoms with E-state index in [1.165, 1.54) is 141 Å². The Balaban J connectivity index is 3.89. The molecule has 0 unspecified atom stereocenters. The molecule has 0 heterocycles. The van der Waals surface area contributed by atoms with Crippen LogP contribution in [0.2, 0.25) is 0 Å². The molecule has 0 rings (SSSR count). The van der Waals surface area contributed by atoms with E-state index in [9.17, 15) is 0 Å². The highest BCUT2D eigenvalue weighted by atomic mass is 35.5. The van der Waals surface area contributed by atoms with Gasteiger partial charge in [-0.25, -0.2) is 0 Å². The third-order valence-electron chi connectivity index (χ3n) is 6.86.